The SMILES string of the molecule is C[C@H]1C(O)[C@@H]1C. The van der Waals surface area contributed by atoms with Crippen LogP contribution in [0.1, 0.15) is 13.8 Å². The van der Waals surface area contributed by atoms with Crippen molar-refractivity contribution in [1.82, 2.24) is 0 Å². The minimum absolute atomic E-state index is 0.0185. The quantitative estimate of drug-likeness (QED) is 0.458. The molecular formula is C5H10O. The van der Waals surface area contributed by atoms with Crippen LogP contribution in [0.2, 0.25) is 0 Å². The molecule has 0 saturated heterocycles. The molecule has 2 atom stereocenters. The van der Waals surface area contributed by atoms with Crippen molar-refractivity contribution < 1.29 is 5.11 Å². The monoisotopic (exact) mass is 86.1 g/mol. The first-order valence-electron chi connectivity index (χ1n) is 2.41. The van der Waals surface area contributed by atoms with Gasteiger partial charge in [-0.05, 0) is 11.8 Å². The van der Waals surface area contributed by atoms with Gasteiger partial charge < -0.3 is 5.11 Å². The molecule has 0 aromatic heterocycles. The van der Waals surface area contributed by atoms with Gasteiger partial charge in [-0.1, -0.05) is 13.8 Å². The molecule has 6 heavy (non-hydrogen) atoms. The molecule has 1 heteroatoms. The van der Waals surface area contributed by atoms with Gasteiger partial charge in [-0.2, -0.15) is 0 Å². The van der Waals surface area contributed by atoms with Crippen LogP contribution in [0.25, 0.3) is 0 Å². The summed E-state index contributed by atoms with van der Waals surface area (Å²) in [5, 5.41) is 8.70. The fraction of sp³-hybridized carbons (Fsp3) is 1.00. The number of hydrogen-bond acceptors (Lipinski definition) is 1. The van der Waals surface area contributed by atoms with Gasteiger partial charge in [0.15, 0.2) is 0 Å². The van der Waals surface area contributed by atoms with Crippen molar-refractivity contribution in [2.75, 3.05) is 0 Å². The molecule has 0 aromatic carbocycles. The van der Waals surface area contributed by atoms with Crippen LogP contribution >= 0.6 is 0 Å². The van der Waals surface area contributed by atoms with Crippen LogP contribution in [0.5, 0.6) is 0 Å². The Kier molecular flexibility index (Phi) is 0.667. The first-order valence-corrected chi connectivity index (χ1v) is 2.41. The lowest BCUT2D eigenvalue weighted by Crippen LogP contribution is -1.77. The topological polar surface area (TPSA) is 20.2 Å². The zero-order chi connectivity index (χ0) is 4.73. The molecule has 1 nitrogen and oxygen atoms in total. The molecule has 1 rings (SSSR count). The Morgan fingerprint density at radius 1 is 1.17 bits per heavy atom. The Morgan fingerprint density at radius 2 is 1.33 bits per heavy atom. The van der Waals surface area contributed by atoms with Crippen molar-refractivity contribution in [1.29, 1.82) is 0 Å². The van der Waals surface area contributed by atoms with Gasteiger partial charge in [0.05, 0.1) is 6.10 Å². The van der Waals surface area contributed by atoms with Crippen molar-refractivity contribution in [3.05, 3.63) is 0 Å². The van der Waals surface area contributed by atoms with E-state index in [0.717, 1.165) is 0 Å². The number of hydrogen-bond donors (Lipinski definition) is 1. The lowest BCUT2D eigenvalue weighted by atomic mass is 10.4. The summed E-state index contributed by atoms with van der Waals surface area (Å²) in [6.45, 7) is 4.13. The second-order valence-corrected chi connectivity index (χ2v) is 2.21. The van der Waals surface area contributed by atoms with Crippen molar-refractivity contribution >= 4 is 0 Å². The minimum Gasteiger partial charge on any atom is -0.393 e. The summed E-state index contributed by atoms with van der Waals surface area (Å²) < 4.78 is 0. The molecule has 0 heterocycles. The molecule has 36 valence electrons. The van der Waals surface area contributed by atoms with Gasteiger partial charge in [-0.15, -0.1) is 0 Å². The van der Waals surface area contributed by atoms with Crippen molar-refractivity contribution in [3.63, 3.8) is 0 Å². The van der Waals surface area contributed by atoms with E-state index in [1.54, 1.807) is 0 Å². The van der Waals surface area contributed by atoms with Crippen LogP contribution in [-0.4, -0.2) is 11.2 Å². The zero-order valence-electron chi connectivity index (χ0n) is 4.18. The summed E-state index contributed by atoms with van der Waals surface area (Å²) in [6, 6.07) is 0. The first kappa shape index (κ1) is 4.13. The normalized spacial score (nSPS) is 55.5. The summed E-state index contributed by atoms with van der Waals surface area (Å²) in [5.41, 5.74) is 0. The van der Waals surface area contributed by atoms with E-state index in [1.807, 2.05) is 0 Å². The smallest absolute Gasteiger partial charge is 0.0598 e. The average Bonchev–Trinajstić information content (AvgIpc) is 1.94. The average molecular weight is 86.1 g/mol. The highest BCUT2D eigenvalue weighted by molar-refractivity contribution is 4.90. The molecule has 0 aliphatic heterocycles. The van der Waals surface area contributed by atoms with Gasteiger partial charge in [0.1, 0.15) is 0 Å². The summed E-state index contributed by atoms with van der Waals surface area (Å²) in [6.07, 6.45) is 0.0185. The molecule has 0 unspecified atom stereocenters. The molecule has 0 amide bonds. The highest BCUT2D eigenvalue weighted by Gasteiger charge is 2.40. The molecule has 0 spiro atoms. The Morgan fingerprint density at radius 3 is 1.33 bits per heavy atom. The van der Waals surface area contributed by atoms with Crippen LogP contribution in [0.4, 0.5) is 0 Å². The molecule has 1 fully saturated rings. The summed E-state index contributed by atoms with van der Waals surface area (Å²) in [7, 11) is 0. The van der Waals surface area contributed by atoms with Gasteiger partial charge in [-0.25, -0.2) is 0 Å². The molecule has 1 saturated carbocycles. The maximum atomic E-state index is 8.70. The molecule has 0 aromatic rings. The highest BCUT2D eigenvalue weighted by Crippen LogP contribution is 2.37. The van der Waals surface area contributed by atoms with Crippen molar-refractivity contribution in [2.24, 2.45) is 11.8 Å². The second-order valence-electron chi connectivity index (χ2n) is 2.21. The fourth-order valence-electron chi connectivity index (χ4n) is 0.636. The predicted octanol–water partition coefficient (Wildman–Crippen LogP) is 0.633. The maximum absolute atomic E-state index is 8.70. The van der Waals surface area contributed by atoms with Crippen LogP contribution < -0.4 is 0 Å². The molecule has 1 aliphatic rings. The molecule has 1 N–H and O–H groups in total. The zero-order valence-corrected chi connectivity index (χ0v) is 4.18. The third kappa shape index (κ3) is 0.350. The number of aliphatic hydroxyl groups is 1. The van der Waals surface area contributed by atoms with Gasteiger partial charge in [0, 0.05) is 0 Å². The van der Waals surface area contributed by atoms with Crippen LogP contribution in [0.3, 0.4) is 0 Å². The maximum Gasteiger partial charge on any atom is 0.0598 e. The van der Waals surface area contributed by atoms with E-state index in [9.17, 15) is 0 Å². The van der Waals surface area contributed by atoms with E-state index in [4.69, 9.17) is 5.11 Å². The lowest BCUT2D eigenvalue weighted by molar-refractivity contribution is 0.252. The Hall–Kier alpha value is -0.0400. The second kappa shape index (κ2) is 0.969. The van der Waals surface area contributed by atoms with E-state index < -0.39 is 0 Å². The first-order chi connectivity index (χ1) is 2.73. The number of aliphatic hydroxyl groups excluding tert-OH is 1. The van der Waals surface area contributed by atoms with Gasteiger partial charge in [-0.3, -0.25) is 0 Å². The number of rotatable bonds is 0. The van der Waals surface area contributed by atoms with E-state index in [1.165, 1.54) is 0 Å². The van der Waals surface area contributed by atoms with Crippen LogP contribution in [0, 0.1) is 11.8 Å². The predicted molar refractivity (Wildman–Crippen MR) is 24.3 cm³/mol. The summed E-state index contributed by atoms with van der Waals surface area (Å²) >= 11 is 0. The molecular weight excluding hydrogens is 76.1 g/mol. The fourth-order valence-corrected chi connectivity index (χ4v) is 0.636. The standard InChI is InChI=1S/C5H10O/c1-3-4(2)5(3)6/h3-6H,1-2H3/t3-,4-/m1/s1. The third-order valence-corrected chi connectivity index (χ3v) is 1.77. The molecule has 0 bridgehead atoms. The van der Waals surface area contributed by atoms with Gasteiger partial charge in [0.25, 0.3) is 0 Å². The third-order valence-electron chi connectivity index (χ3n) is 1.77. The van der Waals surface area contributed by atoms with Gasteiger partial charge in [0.2, 0.25) is 0 Å². The van der Waals surface area contributed by atoms with E-state index in [0.29, 0.717) is 11.8 Å². The Bertz CT molecular complexity index is 40.7. The van der Waals surface area contributed by atoms with Crippen LogP contribution in [-0.2, 0) is 0 Å². The lowest BCUT2D eigenvalue weighted by Gasteiger charge is -1.68. The van der Waals surface area contributed by atoms with Crippen LogP contribution in [0.15, 0.2) is 0 Å². The van der Waals surface area contributed by atoms with E-state index in [-0.39, 0.29) is 6.10 Å². The molecule has 0 radical (unpaired) electrons. The molecule has 1 aliphatic carbocycles. The Balaban J connectivity index is 2.31. The highest BCUT2D eigenvalue weighted by atomic mass is 16.3. The summed E-state index contributed by atoms with van der Waals surface area (Å²) in [5.74, 6) is 1.15. The van der Waals surface area contributed by atoms with E-state index >= 15 is 0 Å². The van der Waals surface area contributed by atoms with Crippen molar-refractivity contribution in [3.8, 4) is 0 Å². The summed E-state index contributed by atoms with van der Waals surface area (Å²) in [4.78, 5) is 0. The minimum atomic E-state index is 0.0185. The van der Waals surface area contributed by atoms with Gasteiger partial charge >= 0.3 is 0 Å². The van der Waals surface area contributed by atoms with E-state index in [2.05, 4.69) is 13.8 Å². The largest absolute Gasteiger partial charge is 0.393 e. The van der Waals surface area contributed by atoms with Crippen molar-refractivity contribution in [2.45, 2.75) is 20.0 Å². The Labute approximate surface area is 38.0 Å².